The van der Waals surface area contributed by atoms with Crippen LogP contribution >= 0.6 is 0 Å². The number of hydrogen-bond donors (Lipinski definition) is 2. The van der Waals surface area contributed by atoms with E-state index >= 15 is 0 Å². The Morgan fingerprint density at radius 2 is 1.37 bits per heavy atom. The molecule has 0 unspecified atom stereocenters. The number of nitrogens with two attached hydrogens (primary N) is 1. The fraction of sp³-hybridized carbons (Fsp3) is 0.0870. The highest BCUT2D eigenvalue weighted by molar-refractivity contribution is 6.03. The van der Waals surface area contributed by atoms with E-state index in [0.717, 1.165) is 16.5 Å². The highest BCUT2D eigenvalue weighted by atomic mass is 16.4. The molecule has 0 bridgehead atoms. The van der Waals surface area contributed by atoms with Crippen LogP contribution in [0.25, 0.3) is 10.9 Å². The van der Waals surface area contributed by atoms with Gasteiger partial charge in [0.25, 0.3) is 0 Å². The Morgan fingerprint density at radius 1 is 0.815 bits per heavy atom. The highest BCUT2D eigenvalue weighted by Gasteiger charge is 2.13. The van der Waals surface area contributed by atoms with E-state index in [1.54, 1.807) is 6.20 Å². The first-order valence-corrected chi connectivity index (χ1v) is 8.78. The summed E-state index contributed by atoms with van der Waals surface area (Å²) in [6, 6.07) is 27.6. The summed E-state index contributed by atoms with van der Waals surface area (Å²) in [6.45, 7) is 1.31. The summed E-state index contributed by atoms with van der Waals surface area (Å²) in [5.74, 6) is -0.886. The number of aromatic carboxylic acids is 1. The number of aromatic nitrogens is 1. The smallest absolute Gasteiger partial charge is 0.337 e. The molecule has 27 heavy (non-hydrogen) atoms. The average Bonchev–Trinajstić information content (AvgIpc) is 3.09. The molecule has 0 spiro atoms. The molecule has 136 valence electrons. The van der Waals surface area contributed by atoms with Crippen molar-refractivity contribution in [2.24, 2.45) is 5.73 Å². The van der Waals surface area contributed by atoms with Crippen LogP contribution in [0.1, 0.15) is 21.5 Å². The van der Waals surface area contributed by atoms with Gasteiger partial charge in [-0.3, -0.25) is 0 Å². The van der Waals surface area contributed by atoms with Crippen molar-refractivity contribution < 1.29 is 9.90 Å². The number of hydrogen-bond acceptors (Lipinski definition) is 2. The van der Waals surface area contributed by atoms with Crippen molar-refractivity contribution >= 4 is 16.9 Å². The maximum absolute atomic E-state index is 11.3. The minimum Gasteiger partial charge on any atom is -0.478 e. The lowest BCUT2D eigenvalue weighted by Gasteiger charge is -2.05. The number of rotatable bonds is 4. The maximum atomic E-state index is 11.3. The normalized spacial score (nSPS) is 10.3. The number of carboxylic acids is 1. The molecule has 0 radical (unpaired) electrons. The number of carbonyl (C=O) groups is 1. The number of carboxylic acid groups (broad SMARTS) is 1. The van der Waals surface area contributed by atoms with E-state index in [1.807, 2.05) is 89.5 Å². The van der Waals surface area contributed by atoms with Gasteiger partial charge in [-0.05, 0) is 17.2 Å². The molecule has 0 saturated carbocycles. The van der Waals surface area contributed by atoms with Gasteiger partial charge in [-0.25, -0.2) is 4.79 Å². The van der Waals surface area contributed by atoms with Gasteiger partial charge < -0.3 is 15.4 Å². The third-order valence-corrected chi connectivity index (χ3v) is 4.29. The first-order valence-electron chi connectivity index (χ1n) is 8.78. The Morgan fingerprint density at radius 3 is 1.93 bits per heavy atom. The fourth-order valence-electron chi connectivity index (χ4n) is 2.94. The van der Waals surface area contributed by atoms with Gasteiger partial charge in [0, 0.05) is 30.2 Å². The van der Waals surface area contributed by atoms with Crippen molar-refractivity contribution in [3.63, 3.8) is 0 Å². The van der Waals surface area contributed by atoms with Gasteiger partial charge in [0.15, 0.2) is 0 Å². The van der Waals surface area contributed by atoms with Gasteiger partial charge in [0.2, 0.25) is 0 Å². The predicted molar refractivity (Wildman–Crippen MR) is 109 cm³/mol. The molecule has 0 aliphatic carbocycles. The van der Waals surface area contributed by atoms with Crippen molar-refractivity contribution in [2.75, 3.05) is 0 Å². The average molecular weight is 358 g/mol. The van der Waals surface area contributed by atoms with Gasteiger partial charge in [-0.15, -0.1) is 0 Å². The second kappa shape index (κ2) is 8.83. The van der Waals surface area contributed by atoms with Gasteiger partial charge >= 0.3 is 5.97 Å². The van der Waals surface area contributed by atoms with Crippen molar-refractivity contribution in [3.05, 3.63) is 108 Å². The van der Waals surface area contributed by atoms with Gasteiger partial charge in [0.1, 0.15) is 0 Å². The maximum Gasteiger partial charge on any atom is 0.337 e. The molecule has 3 N–H and O–H groups in total. The Bertz CT molecular complexity index is 1010. The summed E-state index contributed by atoms with van der Waals surface area (Å²) in [7, 11) is 0. The topological polar surface area (TPSA) is 68.2 Å². The first kappa shape index (κ1) is 18.4. The zero-order valence-electron chi connectivity index (χ0n) is 15.0. The summed E-state index contributed by atoms with van der Waals surface area (Å²) >= 11 is 0. The van der Waals surface area contributed by atoms with E-state index in [4.69, 9.17) is 5.73 Å². The summed E-state index contributed by atoms with van der Waals surface area (Å²) in [5, 5.41) is 10.0. The molecule has 0 amide bonds. The number of nitrogens with zero attached hydrogens (tertiary/aromatic N) is 1. The van der Waals surface area contributed by atoms with E-state index < -0.39 is 5.97 Å². The fourth-order valence-corrected chi connectivity index (χ4v) is 2.94. The Kier molecular flexibility index (Phi) is 6.02. The Labute approximate surface area is 158 Å². The molecule has 0 fully saturated rings. The molecule has 4 aromatic rings. The van der Waals surface area contributed by atoms with E-state index in [2.05, 4.69) is 0 Å². The molecule has 4 nitrogen and oxygen atoms in total. The second-order valence-corrected chi connectivity index (χ2v) is 6.17. The van der Waals surface area contributed by atoms with Crippen molar-refractivity contribution in [2.45, 2.75) is 13.1 Å². The third-order valence-electron chi connectivity index (χ3n) is 4.29. The van der Waals surface area contributed by atoms with E-state index in [-0.39, 0.29) is 0 Å². The SMILES string of the molecule is NCc1ccccc1.O=C(O)c1cn(Cc2ccccc2)c2ccccc12. The molecule has 4 rings (SSSR count). The lowest BCUT2D eigenvalue weighted by molar-refractivity contribution is 0.0699. The third kappa shape index (κ3) is 4.63. The molecule has 0 aliphatic heterocycles. The molecular formula is C23H22N2O2. The van der Waals surface area contributed by atoms with Crippen LogP contribution in [-0.4, -0.2) is 15.6 Å². The molecule has 4 heteroatoms. The van der Waals surface area contributed by atoms with E-state index in [0.29, 0.717) is 18.7 Å². The van der Waals surface area contributed by atoms with Crippen LogP contribution in [0.5, 0.6) is 0 Å². The molecule has 1 aromatic heterocycles. The second-order valence-electron chi connectivity index (χ2n) is 6.17. The van der Waals surface area contributed by atoms with Crippen molar-refractivity contribution in [1.82, 2.24) is 4.57 Å². The summed E-state index contributed by atoms with van der Waals surface area (Å²) in [4.78, 5) is 11.3. The van der Waals surface area contributed by atoms with E-state index in [1.165, 1.54) is 5.56 Å². The lowest BCUT2D eigenvalue weighted by atomic mass is 10.2. The standard InChI is InChI=1S/C16H13NO2.C7H9N/c18-16(19)14-11-17(10-12-6-2-1-3-7-12)15-9-5-4-8-13(14)15;8-6-7-4-2-1-3-5-7/h1-9,11H,10H2,(H,18,19);1-5H,6,8H2. The molecule has 3 aromatic carbocycles. The molecular weight excluding hydrogens is 336 g/mol. The highest BCUT2D eigenvalue weighted by Crippen LogP contribution is 2.22. The van der Waals surface area contributed by atoms with Gasteiger partial charge in [-0.2, -0.15) is 0 Å². The predicted octanol–water partition coefficient (Wildman–Crippen LogP) is 4.53. The lowest BCUT2D eigenvalue weighted by Crippen LogP contribution is -1.98. The van der Waals surface area contributed by atoms with Crippen LogP contribution in [-0.2, 0) is 13.1 Å². The van der Waals surface area contributed by atoms with Crippen molar-refractivity contribution in [1.29, 1.82) is 0 Å². The minimum atomic E-state index is -0.886. The van der Waals surface area contributed by atoms with Crippen LogP contribution < -0.4 is 5.73 Å². The number of benzene rings is 3. The van der Waals surface area contributed by atoms with Crippen LogP contribution in [0.3, 0.4) is 0 Å². The zero-order valence-corrected chi connectivity index (χ0v) is 15.0. The van der Waals surface area contributed by atoms with E-state index in [9.17, 15) is 9.90 Å². The first-order chi connectivity index (χ1) is 13.2. The Hall–Kier alpha value is -3.37. The van der Waals surface area contributed by atoms with Crippen LogP contribution in [0, 0.1) is 0 Å². The van der Waals surface area contributed by atoms with Crippen LogP contribution in [0.4, 0.5) is 0 Å². The summed E-state index contributed by atoms with van der Waals surface area (Å²) < 4.78 is 1.98. The number of para-hydroxylation sites is 1. The van der Waals surface area contributed by atoms with Gasteiger partial charge in [-0.1, -0.05) is 78.9 Å². The van der Waals surface area contributed by atoms with Crippen LogP contribution in [0.15, 0.2) is 91.1 Å². The quantitative estimate of drug-likeness (QED) is 0.563. The largest absolute Gasteiger partial charge is 0.478 e. The molecule has 0 saturated heterocycles. The molecule has 0 atom stereocenters. The number of fused-ring (bicyclic) bond motifs is 1. The zero-order chi connectivity index (χ0) is 19.1. The Balaban J connectivity index is 0.000000221. The molecule has 0 aliphatic rings. The van der Waals surface area contributed by atoms with Crippen LogP contribution in [0.2, 0.25) is 0 Å². The summed E-state index contributed by atoms with van der Waals surface area (Å²) in [5.41, 5.74) is 8.99. The monoisotopic (exact) mass is 358 g/mol. The minimum absolute atomic E-state index is 0.353. The molecule has 1 heterocycles. The van der Waals surface area contributed by atoms with Gasteiger partial charge in [0.05, 0.1) is 5.56 Å². The van der Waals surface area contributed by atoms with Crippen molar-refractivity contribution in [3.8, 4) is 0 Å². The summed E-state index contributed by atoms with van der Waals surface area (Å²) in [6.07, 6.45) is 1.71.